The lowest BCUT2D eigenvalue weighted by Crippen LogP contribution is -2.19. The van der Waals surface area contributed by atoms with Gasteiger partial charge in [0.05, 0.1) is 5.02 Å². The zero-order chi connectivity index (χ0) is 13.0. The lowest BCUT2D eigenvalue weighted by Gasteiger charge is -2.17. The first-order valence-corrected chi connectivity index (χ1v) is 6.09. The number of nitrogens with zero attached hydrogens (tertiary/aromatic N) is 1. The van der Waals surface area contributed by atoms with Crippen molar-refractivity contribution in [3.63, 3.8) is 0 Å². The third kappa shape index (κ3) is 3.06. The first kappa shape index (κ1) is 13.0. The van der Waals surface area contributed by atoms with Crippen LogP contribution in [0.1, 0.15) is 17.2 Å². The second-order valence-corrected chi connectivity index (χ2v) is 4.49. The van der Waals surface area contributed by atoms with Gasteiger partial charge in [-0.05, 0) is 42.8 Å². The zero-order valence-electron chi connectivity index (χ0n) is 10.0. The van der Waals surface area contributed by atoms with E-state index in [1.54, 1.807) is 12.3 Å². The summed E-state index contributed by atoms with van der Waals surface area (Å²) in [6.07, 6.45) is 4.31. The Hall–Kier alpha value is -1.45. The van der Waals surface area contributed by atoms with E-state index in [1.807, 2.05) is 31.4 Å². The summed E-state index contributed by atoms with van der Waals surface area (Å²) in [4.78, 5) is 4.07. The van der Waals surface area contributed by atoms with E-state index in [9.17, 15) is 4.39 Å². The lowest BCUT2D eigenvalue weighted by atomic mass is 10.00. The largest absolute Gasteiger partial charge is 0.313 e. The Kier molecular flexibility index (Phi) is 4.28. The molecular weight excluding hydrogens is 251 g/mol. The van der Waals surface area contributed by atoms with E-state index in [-0.39, 0.29) is 16.9 Å². The van der Waals surface area contributed by atoms with Gasteiger partial charge in [-0.1, -0.05) is 23.7 Å². The Balaban J connectivity index is 2.20. The molecule has 1 unspecified atom stereocenters. The summed E-state index contributed by atoms with van der Waals surface area (Å²) in [5.41, 5.74) is 1.98. The van der Waals surface area contributed by atoms with Gasteiger partial charge in [-0.3, -0.25) is 4.98 Å². The summed E-state index contributed by atoms with van der Waals surface area (Å²) in [5.74, 6) is -0.388. The van der Waals surface area contributed by atoms with E-state index >= 15 is 0 Å². The van der Waals surface area contributed by atoms with Crippen molar-refractivity contribution >= 4 is 11.6 Å². The normalized spacial score (nSPS) is 12.4. The first-order valence-electron chi connectivity index (χ1n) is 5.72. The van der Waals surface area contributed by atoms with Gasteiger partial charge in [-0.25, -0.2) is 4.39 Å². The van der Waals surface area contributed by atoms with Crippen LogP contribution in [0.4, 0.5) is 4.39 Å². The fourth-order valence-corrected chi connectivity index (χ4v) is 1.99. The van der Waals surface area contributed by atoms with Crippen LogP contribution in [0, 0.1) is 5.82 Å². The second-order valence-electron chi connectivity index (χ2n) is 4.08. The maximum atomic E-state index is 13.4. The molecule has 0 saturated heterocycles. The average molecular weight is 265 g/mol. The minimum atomic E-state index is -0.388. The molecule has 1 aromatic carbocycles. The summed E-state index contributed by atoms with van der Waals surface area (Å²) in [6, 6.07) is 8.83. The third-order valence-corrected chi connectivity index (χ3v) is 3.16. The maximum Gasteiger partial charge on any atom is 0.142 e. The van der Waals surface area contributed by atoms with Gasteiger partial charge in [0, 0.05) is 18.4 Å². The predicted molar refractivity (Wildman–Crippen MR) is 71.2 cm³/mol. The molecule has 1 atom stereocenters. The van der Waals surface area contributed by atoms with Gasteiger partial charge in [0.2, 0.25) is 0 Å². The van der Waals surface area contributed by atoms with Gasteiger partial charge >= 0.3 is 0 Å². The lowest BCUT2D eigenvalue weighted by molar-refractivity contribution is 0.577. The van der Waals surface area contributed by atoms with Gasteiger partial charge in [0.1, 0.15) is 5.82 Å². The Morgan fingerprint density at radius 3 is 2.83 bits per heavy atom. The highest BCUT2D eigenvalue weighted by Gasteiger charge is 2.12. The molecule has 2 nitrogen and oxygen atoms in total. The number of benzene rings is 1. The fraction of sp³-hybridized carbons (Fsp3) is 0.214. The van der Waals surface area contributed by atoms with Crippen LogP contribution in [0.5, 0.6) is 0 Å². The van der Waals surface area contributed by atoms with E-state index in [4.69, 9.17) is 11.6 Å². The number of pyridine rings is 1. The van der Waals surface area contributed by atoms with Gasteiger partial charge in [0.15, 0.2) is 0 Å². The molecule has 0 aliphatic rings. The molecule has 0 bridgehead atoms. The molecule has 1 heterocycles. The molecule has 0 radical (unpaired) electrons. The van der Waals surface area contributed by atoms with E-state index in [2.05, 4.69) is 10.3 Å². The van der Waals surface area contributed by atoms with Crippen LogP contribution >= 0.6 is 11.6 Å². The van der Waals surface area contributed by atoms with Crippen LogP contribution in [0.25, 0.3) is 0 Å². The number of halogens is 2. The molecule has 0 saturated carbocycles. The van der Waals surface area contributed by atoms with Gasteiger partial charge in [-0.15, -0.1) is 0 Å². The smallest absolute Gasteiger partial charge is 0.142 e. The highest BCUT2D eigenvalue weighted by atomic mass is 35.5. The van der Waals surface area contributed by atoms with Gasteiger partial charge in [-0.2, -0.15) is 0 Å². The third-order valence-electron chi connectivity index (χ3n) is 2.86. The number of aromatic nitrogens is 1. The number of hydrogen-bond donors (Lipinski definition) is 1. The Bertz CT molecular complexity index is 516. The van der Waals surface area contributed by atoms with Crippen molar-refractivity contribution in [3.05, 3.63) is 64.7 Å². The Morgan fingerprint density at radius 1 is 1.39 bits per heavy atom. The van der Waals surface area contributed by atoms with Gasteiger partial charge in [0.25, 0.3) is 0 Å². The van der Waals surface area contributed by atoms with Crippen molar-refractivity contribution in [1.29, 1.82) is 0 Å². The highest BCUT2D eigenvalue weighted by Crippen LogP contribution is 2.22. The van der Waals surface area contributed by atoms with E-state index in [1.165, 1.54) is 6.07 Å². The quantitative estimate of drug-likeness (QED) is 0.916. The minimum Gasteiger partial charge on any atom is -0.313 e. The molecule has 0 fully saturated rings. The van der Waals surface area contributed by atoms with Crippen LogP contribution < -0.4 is 5.32 Å². The maximum absolute atomic E-state index is 13.4. The van der Waals surface area contributed by atoms with E-state index < -0.39 is 0 Å². The molecule has 2 rings (SSSR count). The van der Waals surface area contributed by atoms with Crippen molar-refractivity contribution in [2.45, 2.75) is 12.5 Å². The average Bonchev–Trinajstić information content (AvgIpc) is 2.40. The van der Waals surface area contributed by atoms with Crippen LogP contribution in [-0.4, -0.2) is 12.0 Å². The number of nitrogens with one attached hydrogen (secondary N) is 1. The second kappa shape index (κ2) is 5.94. The van der Waals surface area contributed by atoms with Crippen molar-refractivity contribution in [2.24, 2.45) is 0 Å². The number of hydrogen-bond acceptors (Lipinski definition) is 2. The SMILES string of the molecule is CNC(Cc1cccnc1)c1ccc(Cl)c(F)c1. The summed E-state index contributed by atoms with van der Waals surface area (Å²) in [5, 5.41) is 3.32. The molecule has 0 aliphatic carbocycles. The Morgan fingerprint density at radius 2 is 2.22 bits per heavy atom. The van der Waals surface area contributed by atoms with E-state index in [0.717, 1.165) is 17.5 Å². The molecule has 18 heavy (non-hydrogen) atoms. The summed E-state index contributed by atoms with van der Waals surface area (Å²) in [6.45, 7) is 0. The first-order chi connectivity index (χ1) is 8.70. The van der Waals surface area contributed by atoms with E-state index in [0.29, 0.717) is 0 Å². The topological polar surface area (TPSA) is 24.9 Å². The summed E-state index contributed by atoms with van der Waals surface area (Å²) < 4.78 is 13.4. The zero-order valence-corrected chi connectivity index (χ0v) is 10.8. The standard InChI is InChI=1S/C14H14ClFN2/c1-17-14(7-10-3-2-6-18-9-10)11-4-5-12(15)13(16)8-11/h2-6,8-9,14,17H,7H2,1H3. The molecule has 4 heteroatoms. The predicted octanol–water partition coefficient (Wildman–Crippen LogP) is 3.38. The van der Waals surface area contributed by atoms with Crippen LogP contribution in [0.15, 0.2) is 42.7 Å². The number of rotatable bonds is 4. The van der Waals surface area contributed by atoms with Crippen molar-refractivity contribution in [2.75, 3.05) is 7.05 Å². The highest BCUT2D eigenvalue weighted by molar-refractivity contribution is 6.30. The van der Waals surface area contributed by atoms with Crippen molar-refractivity contribution in [3.8, 4) is 0 Å². The van der Waals surface area contributed by atoms with Crippen molar-refractivity contribution in [1.82, 2.24) is 10.3 Å². The molecule has 1 aromatic heterocycles. The molecule has 2 aromatic rings. The van der Waals surface area contributed by atoms with Crippen LogP contribution in [0.2, 0.25) is 5.02 Å². The molecule has 0 amide bonds. The minimum absolute atomic E-state index is 0.0426. The monoisotopic (exact) mass is 264 g/mol. The molecule has 0 aliphatic heterocycles. The summed E-state index contributed by atoms with van der Waals surface area (Å²) in [7, 11) is 1.85. The summed E-state index contributed by atoms with van der Waals surface area (Å²) >= 11 is 5.68. The molecule has 1 N–H and O–H groups in total. The van der Waals surface area contributed by atoms with Crippen LogP contribution in [-0.2, 0) is 6.42 Å². The van der Waals surface area contributed by atoms with Crippen molar-refractivity contribution < 1.29 is 4.39 Å². The molecule has 94 valence electrons. The number of likely N-dealkylation sites (N-methyl/N-ethyl adjacent to an activating group) is 1. The molecule has 0 spiro atoms. The molecular formula is C14H14ClFN2. The fourth-order valence-electron chi connectivity index (χ4n) is 1.87. The Labute approximate surface area is 111 Å². The van der Waals surface area contributed by atoms with Gasteiger partial charge < -0.3 is 5.32 Å². The van der Waals surface area contributed by atoms with Crippen LogP contribution in [0.3, 0.4) is 0 Å².